The fraction of sp³-hybridized carbons (Fsp3) is 0.818. The first-order valence-electron chi connectivity index (χ1n) is 10.2. The van der Waals surface area contributed by atoms with Crippen molar-refractivity contribution in [3.05, 3.63) is 11.6 Å². The van der Waals surface area contributed by atoms with Gasteiger partial charge >= 0.3 is 0 Å². The SMILES string of the molecule is CC[C@]1(C#N)C2CC2[C@H]2[C@@H]3CCC4=CC(=O)CC[C@@H]4[C@H]3CC[C@@]21C.[HH].[HH]. The molecule has 2 heteroatoms. The second-order valence-electron chi connectivity index (χ2n) is 9.62. The maximum atomic E-state index is 11.8. The Labute approximate surface area is 148 Å². The molecule has 5 rings (SSSR count). The predicted molar refractivity (Wildman–Crippen MR) is 97.0 cm³/mol. The van der Waals surface area contributed by atoms with Crippen LogP contribution in [0.2, 0.25) is 0 Å². The summed E-state index contributed by atoms with van der Waals surface area (Å²) in [5.41, 5.74) is 1.67. The van der Waals surface area contributed by atoms with E-state index in [1.807, 2.05) is 6.08 Å². The molecular formula is C22H33NO. The summed E-state index contributed by atoms with van der Waals surface area (Å²) in [6, 6.07) is 2.86. The zero-order valence-electron chi connectivity index (χ0n) is 15.1. The molecule has 0 saturated heterocycles. The van der Waals surface area contributed by atoms with Gasteiger partial charge in [0.25, 0.3) is 0 Å². The van der Waals surface area contributed by atoms with E-state index in [0.717, 1.165) is 49.4 Å². The molecule has 5 aliphatic carbocycles. The van der Waals surface area contributed by atoms with Crippen molar-refractivity contribution in [2.75, 3.05) is 0 Å². The van der Waals surface area contributed by atoms with Crippen LogP contribution < -0.4 is 0 Å². The van der Waals surface area contributed by atoms with Crippen LogP contribution in [-0.2, 0) is 4.79 Å². The molecular weight excluding hydrogens is 294 g/mol. The molecule has 0 bridgehead atoms. The van der Waals surface area contributed by atoms with E-state index in [1.165, 1.54) is 31.3 Å². The van der Waals surface area contributed by atoms with Crippen LogP contribution in [0.3, 0.4) is 0 Å². The van der Waals surface area contributed by atoms with E-state index in [9.17, 15) is 10.1 Å². The molecule has 4 fully saturated rings. The highest BCUT2D eigenvalue weighted by atomic mass is 16.1. The molecule has 24 heavy (non-hydrogen) atoms. The summed E-state index contributed by atoms with van der Waals surface area (Å²) in [5.74, 6) is 4.95. The van der Waals surface area contributed by atoms with Crippen LogP contribution in [0.25, 0.3) is 0 Å². The number of hydrogen-bond donors (Lipinski definition) is 0. The average Bonchev–Trinajstić information content (AvgIpc) is 3.32. The lowest BCUT2D eigenvalue weighted by molar-refractivity contribution is -0.116. The maximum Gasteiger partial charge on any atom is 0.155 e. The molecule has 132 valence electrons. The summed E-state index contributed by atoms with van der Waals surface area (Å²) in [6.07, 6.45) is 11.2. The van der Waals surface area contributed by atoms with E-state index >= 15 is 0 Å². The molecule has 0 aromatic heterocycles. The van der Waals surface area contributed by atoms with Crippen molar-refractivity contribution < 1.29 is 7.65 Å². The van der Waals surface area contributed by atoms with Crippen LogP contribution in [0.5, 0.6) is 0 Å². The topological polar surface area (TPSA) is 40.9 Å². The Hall–Kier alpha value is -1.10. The summed E-state index contributed by atoms with van der Waals surface area (Å²) >= 11 is 0. The Kier molecular flexibility index (Phi) is 3.00. The lowest BCUT2D eigenvalue weighted by Crippen LogP contribution is -2.51. The summed E-state index contributed by atoms with van der Waals surface area (Å²) < 4.78 is 0. The predicted octanol–water partition coefficient (Wildman–Crippen LogP) is 5.40. The van der Waals surface area contributed by atoms with E-state index in [0.29, 0.717) is 17.6 Å². The number of hydrogen-bond acceptors (Lipinski definition) is 2. The average molecular weight is 328 g/mol. The molecule has 0 spiro atoms. The monoisotopic (exact) mass is 327 g/mol. The van der Waals surface area contributed by atoms with Crippen molar-refractivity contribution in [3.63, 3.8) is 0 Å². The highest BCUT2D eigenvalue weighted by Crippen LogP contribution is 2.79. The maximum absolute atomic E-state index is 11.8. The van der Waals surface area contributed by atoms with E-state index in [4.69, 9.17) is 0 Å². The number of carbonyl (C=O) groups excluding carboxylic acids is 1. The minimum absolute atomic E-state index is 0. The molecule has 0 amide bonds. The first-order chi connectivity index (χ1) is 11.6. The van der Waals surface area contributed by atoms with E-state index < -0.39 is 0 Å². The smallest absolute Gasteiger partial charge is 0.155 e. The van der Waals surface area contributed by atoms with Crippen LogP contribution in [0.15, 0.2) is 11.6 Å². The van der Waals surface area contributed by atoms with Gasteiger partial charge in [-0.05, 0) is 91.9 Å². The lowest BCUT2D eigenvalue weighted by Gasteiger charge is -2.57. The van der Waals surface area contributed by atoms with E-state index in [2.05, 4.69) is 19.9 Å². The van der Waals surface area contributed by atoms with Gasteiger partial charge in [0.1, 0.15) is 0 Å². The zero-order chi connectivity index (χ0) is 16.7. The fourth-order valence-electron chi connectivity index (χ4n) is 8.30. The van der Waals surface area contributed by atoms with E-state index in [-0.39, 0.29) is 13.7 Å². The third kappa shape index (κ3) is 1.60. The van der Waals surface area contributed by atoms with Crippen molar-refractivity contribution in [3.8, 4) is 6.07 Å². The van der Waals surface area contributed by atoms with Gasteiger partial charge in [-0.25, -0.2) is 0 Å². The first-order valence-corrected chi connectivity index (χ1v) is 10.2. The molecule has 0 N–H and O–H groups in total. The number of ketones is 1. The van der Waals surface area contributed by atoms with Gasteiger partial charge in [-0.1, -0.05) is 19.4 Å². The second kappa shape index (κ2) is 4.75. The molecule has 0 aliphatic heterocycles. The Bertz CT molecular complexity index is 682. The molecule has 0 aromatic carbocycles. The van der Waals surface area contributed by atoms with Crippen LogP contribution in [0, 0.1) is 57.7 Å². The third-order valence-electron chi connectivity index (χ3n) is 9.26. The van der Waals surface area contributed by atoms with Gasteiger partial charge in [-0.2, -0.15) is 5.26 Å². The van der Waals surface area contributed by atoms with Gasteiger partial charge in [0.15, 0.2) is 5.78 Å². The Balaban J connectivity index is 0.000000980. The summed E-state index contributed by atoms with van der Waals surface area (Å²) in [6.45, 7) is 4.73. The quantitative estimate of drug-likeness (QED) is 0.647. The van der Waals surface area contributed by atoms with E-state index in [1.54, 1.807) is 0 Å². The molecule has 2 unspecified atom stereocenters. The lowest BCUT2D eigenvalue weighted by atomic mass is 9.47. The summed E-state index contributed by atoms with van der Waals surface area (Å²) in [4.78, 5) is 11.8. The molecule has 2 nitrogen and oxygen atoms in total. The van der Waals surface area contributed by atoms with Crippen LogP contribution in [0.1, 0.15) is 68.1 Å². The van der Waals surface area contributed by atoms with Crippen LogP contribution >= 0.6 is 0 Å². The van der Waals surface area contributed by atoms with Gasteiger partial charge in [-0.3, -0.25) is 4.79 Å². The van der Waals surface area contributed by atoms with Crippen molar-refractivity contribution in [1.29, 1.82) is 5.26 Å². The number of allylic oxidation sites excluding steroid dienone is 1. The van der Waals surface area contributed by atoms with Gasteiger partial charge < -0.3 is 0 Å². The zero-order valence-corrected chi connectivity index (χ0v) is 15.1. The number of nitriles is 1. The minimum Gasteiger partial charge on any atom is -0.295 e. The molecule has 4 saturated carbocycles. The number of fused-ring (bicyclic) bond motifs is 7. The van der Waals surface area contributed by atoms with Gasteiger partial charge in [-0.15, -0.1) is 0 Å². The third-order valence-corrected chi connectivity index (χ3v) is 9.26. The van der Waals surface area contributed by atoms with Gasteiger partial charge in [0, 0.05) is 9.27 Å². The summed E-state index contributed by atoms with van der Waals surface area (Å²) in [7, 11) is 0. The number of nitrogens with zero attached hydrogens (tertiary/aromatic N) is 1. The highest BCUT2D eigenvalue weighted by Gasteiger charge is 2.75. The first kappa shape index (κ1) is 15.2. The normalized spacial score (nSPS) is 54.7. The van der Waals surface area contributed by atoms with Crippen molar-refractivity contribution in [1.82, 2.24) is 0 Å². The molecule has 0 heterocycles. The van der Waals surface area contributed by atoms with Crippen molar-refractivity contribution >= 4 is 5.78 Å². The standard InChI is InChI=1S/C22H29NO.2H2/c1-3-22(12-23)19-11-18(19)20-17-6-4-13-10-14(24)5-7-15(13)16(17)8-9-21(20,22)2;;/h10,15-20H,3-9,11H2,1-2H3;2*1H/t15-,16+,17+,18?,19?,20+,21-,22-;;/m0../s1. The summed E-state index contributed by atoms with van der Waals surface area (Å²) in [5, 5.41) is 10.1. The number of carbonyl (C=O) groups is 1. The molecule has 5 aliphatic rings. The molecule has 8 atom stereocenters. The second-order valence-corrected chi connectivity index (χ2v) is 9.62. The van der Waals surface area contributed by atoms with Gasteiger partial charge in [0.2, 0.25) is 0 Å². The van der Waals surface area contributed by atoms with Crippen LogP contribution in [0.4, 0.5) is 0 Å². The van der Waals surface area contributed by atoms with Crippen molar-refractivity contribution in [2.24, 2.45) is 46.3 Å². The number of rotatable bonds is 1. The molecule has 0 radical (unpaired) electrons. The van der Waals surface area contributed by atoms with Crippen LogP contribution in [-0.4, -0.2) is 5.78 Å². The van der Waals surface area contributed by atoms with Gasteiger partial charge in [0.05, 0.1) is 11.5 Å². The fourth-order valence-corrected chi connectivity index (χ4v) is 8.30. The largest absolute Gasteiger partial charge is 0.295 e. The Morgan fingerprint density at radius 2 is 2.08 bits per heavy atom. The Morgan fingerprint density at radius 1 is 1.25 bits per heavy atom. The highest BCUT2D eigenvalue weighted by molar-refractivity contribution is 5.91. The minimum atomic E-state index is -0.0497. The molecule has 0 aromatic rings. The Morgan fingerprint density at radius 3 is 2.83 bits per heavy atom. The van der Waals surface area contributed by atoms with Crippen molar-refractivity contribution in [2.45, 2.75) is 65.2 Å².